The number of carboxylic acid groups (broad SMARTS) is 1. The number of Topliss-reactive ketones (excluding diaryl/α,β-unsaturated/α-hetero) is 1. The Morgan fingerprint density at radius 3 is 2.70 bits per heavy atom. The quantitative estimate of drug-likeness (QED) is 0.584. The molecule has 1 saturated heterocycles. The fourth-order valence-corrected chi connectivity index (χ4v) is 4.48. The molecular weight excluding hydrogens is 408 g/mol. The van der Waals surface area contributed by atoms with Crippen LogP contribution < -0.4 is 0 Å². The number of hydrogen-bond donors (Lipinski definition) is 2. The summed E-state index contributed by atoms with van der Waals surface area (Å²) in [6, 6.07) is 15.3. The first-order valence-electron chi connectivity index (χ1n) is 8.87. The molecule has 0 unspecified atom stereocenters. The smallest absolute Gasteiger partial charge is 0.408 e. The van der Waals surface area contributed by atoms with Gasteiger partial charge in [-0.2, -0.15) is 0 Å². The molecule has 1 aliphatic rings. The van der Waals surface area contributed by atoms with Gasteiger partial charge >= 0.3 is 6.09 Å². The van der Waals surface area contributed by atoms with Crippen molar-refractivity contribution in [3.05, 3.63) is 70.3 Å². The average molecular weight is 427 g/mol. The van der Waals surface area contributed by atoms with E-state index < -0.39 is 11.6 Å². The number of carbonyl (C=O) groups excluding carboxylic acids is 1. The average Bonchev–Trinajstić information content (AvgIpc) is 3.26. The minimum Gasteiger partial charge on any atom is -0.465 e. The second-order valence-corrected chi connectivity index (χ2v) is 7.87. The maximum absolute atomic E-state index is 13.7. The minimum absolute atomic E-state index is 0.143. The molecule has 1 amide bonds. The van der Waals surface area contributed by atoms with Gasteiger partial charge in [-0.05, 0) is 36.6 Å². The fraction of sp³-hybridized carbons (Fsp3) is 0.238. The van der Waals surface area contributed by atoms with Gasteiger partial charge in [-0.25, -0.2) is 4.79 Å². The van der Waals surface area contributed by atoms with Crippen molar-refractivity contribution in [2.75, 3.05) is 6.54 Å². The van der Waals surface area contributed by atoms with Gasteiger partial charge in [0.05, 0.1) is 0 Å². The molecule has 4 rings (SSSR count). The lowest BCUT2D eigenvalue weighted by atomic mass is 9.81. The fourth-order valence-electron chi connectivity index (χ4n) is 4.12. The Hall–Kier alpha value is -2.60. The third kappa shape index (κ3) is 3.04. The van der Waals surface area contributed by atoms with Crippen molar-refractivity contribution < 1.29 is 14.7 Å². The number of hydrogen-bond acceptors (Lipinski definition) is 2. The number of aromatic nitrogens is 1. The van der Waals surface area contributed by atoms with Crippen molar-refractivity contribution in [1.82, 2.24) is 9.88 Å². The number of benzene rings is 2. The Balaban J connectivity index is 1.83. The number of carbonyl (C=O) groups is 2. The van der Waals surface area contributed by atoms with Gasteiger partial charge in [0.2, 0.25) is 0 Å². The summed E-state index contributed by atoms with van der Waals surface area (Å²) >= 11 is 3.46. The number of nitrogens with zero attached hydrogens (tertiary/aromatic N) is 1. The molecule has 0 radical (unpaired) electrons. The van der Waals surface area contributed by atoms with Gasteiger partial charge in [-0.3, -0.25) is 9.69 Å². The molecule has 1 fully saturated rings. The van der Waals surface area contributed by atoms with Crippen molar-refractivity contribution in [2.45, 2.75) is 24.8 Å². The predicted molar refractivity (Wildman–Crippen MR) is 107 cm³/mol. The molecule has 2 heterocycles. The summed E-state index contributed by atoms with van der Waals surface area (Å²) in [5, 5.41) is 10.6. The highest BCUT2D eigenvalue weighted by Gasteiger charge is 2.50. The molecule has 27 heavy (non-hydrogen) atoms. The number of aromatic amines is 1. The Labute approximate surface area is 165 Å². The van der Waals surface area contributed by atoms with Crippen molar-refractivity contribution in [1.29, 1.82) is 0 Å². The van der Waals surface area contributed by atoms with Gasteiger partial charge in [0.1, 0.15) is 5.54 Å². The summed E-state index contributed by atoms with van der Waals surface area (Å²) in [5.74, 6) is -0.143. The van der Waals surface area contributed by atoms with E-state index in [0.29, 0.717) is 31.4 Å². The van der Waals surface area contributed by atoms with Gasteiger partial charge in [-0.1, -0.05) is 46.3 Å². The van der Waals surface area contributed by atoms with Crippen molar-refractivity contribution in [3.8, 4) is 0 Å². The maximum atomic E-state index is 13.7. The molecule has 3 aromatic rings. The lowest BCUT2D eigenvalue weighted by Crippen LogP contribution is -2.54. The van der Waals surface area contributed by atoms with Crippen LogP contribution in [0.2, 0.25) is 0 Å². The summed E-state index contributed by atoms with van der Waals surface area (Å²) < 4.78 is 0.877. The van der Waals surface area contributed by atoms with E-state index in [0.717, 1.165) is 20.9 Å². The number of halogens is 1. The van der Waals surface area contributed by atoms with E-state index in [1.165, 1.54) is 4.90 Å². The van der Waals surface area contributed by atoms with Gasteiger partial charge in [0, 0.05) is 40.1 Å². The number of fused-ring (bicyclic) bond motifs is 1. The molecule has 1 aromatic heterocycles. The summed E-state index contributed by atoms with van der Waals surface area (Å²) in [5.41, 5.74) is 1.27. The number of rotatable bonds is 4. The van der Waals surface area contributed by atoms with E-state index in [4.69, 9.17) is 0 Å². The number of amides is 1. The second-order valence-electron chi connectivity index (χ2n) is 6.95. The zero-order chi connectivity index (χ0) is 19.0. The normalized spacial score (nSPS) is 19.5. The van der Waals surface area contributed by atoms with E-state index in [1.807, 2.05) is 48.5 Å². The Morgan fingerprint density at radius 1 is 1.19 bits per heavy atom. The topological polar surface area (TPSA) is 73.4 Å². The maximum Gasteiger partial charge on any atom is 0.408 e. The van der Waals surface area contributed by atoms with Crippen molar-refractivity contribution in [3.63, 3.8) is 0 Å². The highest BCUT2D eigenvalue weighted by Crippen LogP contribution is 2.38. The van der Waals surface area contributed by atoms with Gasteiger partial charge in [0.25, 0.3) is 0 Å². The molecule has 0 bridgehead atoms. The predicted octanol–water partition coefficient (Wildman–Crippen LogP) is 4.87. The Morgan fingerprint density at radius 2 is 1.96 bits per heavy atom. The van der Waals surface area contributed by atoms with Crippen LogP contribution in [0.3, 0.4) is 0 Å². The molecule has 1 aliphatic heterocycles. The number of H-pyrrole nitrogens is 1. The van der Waals surface area contributed by atoms with Crippen LogP contribution in [0, 0.1) is 0 Å². The number of ketones is 1. The monoisotopic (exact) mass is 426 g/mol. The largest absolute Gasteiger partial charge is 0.465 e. The number of nitrogens with one attached hydrogen (secondary N) is 1. The molecule has 0 saturated carbocycles. The van der Waals surface area contributed by atoms with Crippen LogP contribution in [-0.4, -0.2) is 39.0 Å². The van der Waals surface area contributed by atoms with Crippen LogP contribution in [0.4, 0.5) is 4.79 Å². The molecule has 0 spiro atoms. The van der Waals surface area contributed by atoms with Crippen LogP contribution >= 0.6 is 15.9 Å². The third-order valence-corrected chi connectivity index (χ3v) is 5.86. The zero-order valence-electron chi connectivity index (χ0n) is 14.6. The molecule has 0 aliphatic carbocycles. The van der Waals surface area contributed by atoms with Crippen LogP contribution in [0.25, 0.3) is 10.9 Å². The highest BCUT2D eigenvalue weighted by atomic mass is 79.9. The second kappa shape index (κ2) is 6.85. The first-order valence-corrected chi connectivity index (χ1v) is 9.66. The molecule has 5 nitrogen and oxygen atoms in total. The highest BCUT2D eigenvalue weighted by molar-refractivity contribution is 9.10. The van der Waals surface area contributed by atoms with Gasteiger partial charge < -0.3 is 10.1 Å². The standard InChI is InChI=1S/C21H19BrN2O3/c22-15-7-8-18-16(11-15)17(13-23-18)19(25)21(9-4-10-24(21)20(26)27)12-14-5-2-1-3-6-14/h1-3,5-8,11,13,23H,4,9-10,12H2,(H,26,27)/t21-/m1/s1. The summed E-state index contributed by atoms with van der Waals surface area (Å²) in [6.07, 6.45) is 2.23. The summed E-state index contributed by atoms with van der Waals surface area (Å²) in [7, 11) is 0. The van der Waals surface area contributed by atoms with Crippen LogP contribution in [0.15, 0.2) is 59.2 Å². The molecule has 1 atom stereocenters. The van der Waals surface area contributed by atoms with Crippen molar-refractivity contribution in [2.24, 2.45) is 0 Å². The van der Waals surface area contributed by atoms with Crippen LogP contribution in [0.5, 0.6) is 0 Å². The Bertz CT molecular complexity index is 1010. The Kier molecular flexibility index (Phi) is 4.52. The summed E-state index contributed by atoms with van der Waals surface area (Å²) in [4.78, 5) is 30.2. The lowest BCUT2D eigenvalue weighted by molar-refractivity contribution is 0.0642. The van der Waals surface area contributed by atoms with Gasteiger partial charge in [-0.15, -0.1) is 0 Å². The van der Waals surface area contributed by atoms with Gasteiger partial charge in [0.15, 0.2) is 5.78 Å². The van der Waals surface area contributed by atoms with E-state index in [9.17, 15) is 14.7 Å². The van der Waals surface area contributed by atoms with E-state index in [2.05, 4.69) is 20.9 Å². The number of likely N-dealkylation sites (tertiary alicyclic amines) is 1. The van der Waals surface area contributed by atoms with E-state index >= 15 is 0 Å². The zero-order valence-corrected chi connectivity index (χ0v) is 16.2. The SMILES string of the molecule is O=C(O)N1CCC[C@@]1(Cc1ccccc1)C(=O)c1c[nH]c2ccc(Br)cc12. The molecular formula is C21H19BrN2O3. The van der Waals surface area contributed by atoms with E-state index in [-0.39, 0.29) is 5.78 Å². The first kappa shape index (κ1) is 17.8. The van der Waals surface area contributed by atoms with Crippen molar-refractivity contribution >= 4 is 38.7 Å². The first-order chi connectivity index (χ1) is 13.0. The third-order valence-electron chi connectivity index (χ3n) is 5.37. The summed E-state index contributed by atoms with van der Waals surface area (Å²) in [6.45, 7) is 0.375. The molecule has 2 N–H and O–H groups in total. The minimum atomic E-state index is -1.08. The molecule has 2 aromatic carbocycles. The lowest BCUT2D eigenvalue weighted by Gasteiger charge is -2.35. The molecule has 138 valence electrons. The van der Waals surface area contributed by atoms with E-state index in [1.54, 1.807) is 6.20 Å². The molecule has 6 heteroatoms. The van der Waals surface area contributed by atoms with Crippen LogP contribution in [-0.2, 0) is 6.42 Å². The van der Waals surface area contributed by atoms with Crippen LogP contribution in [0.1, 0.15) is 28.8 Å².